The Morgan fingerprint density at radius 1 is 0.976 bits per heavy atom. The molecule has 12 heteroatoms. The summed E-state index contributed by atoms with van der Waals surface area (Å²) in [7, 11) is -3.44. The highest BCUT2D eigenvalue weighted by molar-refractivity contribution is 7.92. The number of aliphatic carboxylic acids is 1. The Morgan fingerprint density at radius 2 is 1.52 bits per heavy atom. The van der Waals surface area contributed by atoms with E-state index < -0.39 is 57.6 Å². The second-order valence-electron chi connectivity index (χ2n) is 10.6. The molecule has 0 aliphatic carbocycles. The van der Waals surface area contributed by atoms with Crippen LogP contribution < -0.4 is 15.8 Å². The van der Waals surface area contributed by atoms with E-state index in [0.717, 1.165) is 21.9 Å². The summed E-state index contributed by atoms with van der Waals surface area (Å²) in [5.74, 6) is -6.20. The number of fused-ring (bicyclic) bond motifs is 2. The molecule has 0 radical (unpaired) electrons. The average Bonchev–Trinajstić information content (AvgIpc) is 3.18. The van der Waals surface area contributed by atoms with E-state index in [1.165, 1.54) is 6.92 Å². The van der Waals surface area contributed by atoms with E-state index in [-0.39, 0.29) is 24.1 Å². The molecule has 0 saturated heterocycles. The fourth-order valence-corrected chi connectivity index (χ4v) is 6.00. The summed E-state index contributed by atoms with van der Waals surface area (Å²) >= 11 is 0. The normalized spacial score (nSPS) is 16.0. The molecule has 3 amide bonds. The van der Waals surface area contributed by atoms with Gasteiger partial charge in [0.1, 0.15) is 0 Å². The van der Waals surface area contributed by atoms with E-state index >= 15 is 0 Å². The van der Waals surface area contributed by atoms with Crippen LogP contribution >= 0.6 is 0 Å². The minimum absolute atomic E-state index is 0.0803. The highest BCUT2D eigenvalue weighted by Crippen LogP contribution is 2.34. The minimum atomic E-state index is -3.44. The molecular weight excluding hydrogens is 560 g/mol. The molecule has 5 N–H and O–H groups in total. The number of anilines is 1. The molecule has 4 rings (SSSR count). The molecule has 0 fully saturated rings. The van der Waals surface area contributed by atoms with E-state index in [1.54, 1.807) is 36.4 Å². The molecule has 42 heavy (non-hydrogen) atoms. The van der Waals surface area contributed by atoms with E-state index in [4.69, 9.17) is 5.73 Å². The number of sulfonamides is 1. The van der Waals surface area contributed by atoms with Gasteiger partial charge in [-0.1, -0.05) is 56.7 Å². The number of imide groups is 1. The summed E-state index contributed by atoms with van der Waals surface area (Å²) in [5.41, 5.74) is 7.89. The number of hydrogen-bond donors (Lipinski definition) is 4. The first kappa shape index (κ1) is 30.7. The van der Waals surface area contributed by atoms with Crippen molar-refractivity contribution in [2.75, 3.05) is 11.0 Å². The van der Waals surface area contributed by atoms with Gasteiger partial charge in [0.2, 0.25) is 15.9 Å². The number of amides is 3. The standard InChI is InChI=1S/C30H34N4O7S/c1-4-7-22(27(35)32-16-18-10-12-21(13-11-18)33-42(3,40)41)25(30(38)39)17(2)26(31)34-28(36)23-14-19-8-5-6-9-20(19)15-24(23)29(34)37/h5-6,8-15,17,22,25-26,33H,4,7,16,31H2,1-3H3,(H,32,35)(H,38,39)/t17?,22-,25+,26?/m0/s1. The Hall–Kier alpha value is -4.29. The lowest BCUT2D eigenvalue weighted by Gasteiger charge is -2.34. The van der Waals surface area contributed by atoms with E-state index in [2.05, 4.69) is 10.0 Å². The Labute approximate surface area is 244 Å². The third kappa shape index (κ3) is 6.44. The first-order valence-electron chi connectivity index (χ1n) is 13.6. The van der Waals surface area contributed by atoms with Crippen LogP contribution in [0.4, 0.5) is 5.69 Å². The lowest BCUT2D eigenvalue weighted by Crippen LogP contribution is -2.54. The van der Waals surface area contributed by atoms with Gasteiger partial charge in [-0.05, 0) is 47.0 Å². The summed E-state index contributed by atoms with van der Waals surface area (Å²) in [5, 5.41) is 14.6. The molecule has 11 nitrogen and oxygen atoms in total. The van der Waals surface area contributed by atoms with E-state index in [1.807, 2.05) is 31.2 Å². The largest absolute Gasteiger partial charge is 0.481 e. The number of nitrogens with zero attached hydrogens (tertiary/aromatic N) is 1. The number of hydrogen-bond acceptors (Lipinski definition) is 7. The van der Waals surface area contributed by atoms with Crippen LogP contribution in [0.25, 0.3) is 10.8 Å². The van der Waals surface area contributed by atoms with Crippen molar-refractivity contribution in [2.24, 2.45) is 23.5 Å². The maximum Gasteiger partial charge on any atom is 0.307 e. The smallest absolute Gasteiger partial charge is 0.307 e. The van der Waals surface area contributed by atoms with Gasteiger partial charge < -0.3 is 16.2 Å². The molecule has 1 aliphatic heterocycles. The highest BCUT2D eigenvalue weighted by Gasteiger charge is 2.46. The Bertz CT molecular complexity index is 1580. The maximum atomic E-state index is 13.3. The third-order valence-electron chi connectivity index (χ3n) is 7.57. The molecule has 2 unspecified atom stereocenters. The Kier molecular flexibility index (Phi) is 8.97. The Balaban J connectivity index is 1.52. The summed E-state index contributed by atoms with van der Waals surface area (Å²) < 4.78 is 25.2. The number of carbonyl (C=O) groups excluding carboxylic acids is 3. The molecule has 1 heterocycles. The molecule has 3 aromatic rings. The first-order chi connectivity index (χ1) is 19.8. The summed E-state index contributed by atoms with van der Waals surface area (Å²) in [4.78, 5) is 53.5. The number of benzene rings is 3. The average molecular weight is 595 g/mol. The van der Waals surface area contributed by atoms with Gasteiger partial charge in [0.15, 0.2) is 0 Å². The molecule has 0 aromatic heterocycles. The van der Waals surface area contributed by atoms with Gasteiger partial charge in [-0.2, -0.15) is 0 Å². The molecule has 1 aliphatic rings. The van der Waals surface area contributed by atoms with Crippen molar-refractivity contribution >= 4 is 50.2 Å². The van der Waals surface area contributed by atoms with Crippen LogP contribution in [0.5, 0.6) is 0 Å². The molecule has 4 atom stereocenters. The summed E-state index contributed by atoms with van der Waals surface area (Å²) in [6, 6.07) is 17.0. The van der Waals surface area contributed by atoms with E-state index in [9.17, 15) is 32.7 Å². The quantitative estimate of drug-likeness (QED) is 0.231. The fourth-order valence-electron chi connectivity index (χ4n) is 5.44. The summed E-state index contributed by atoms with van der Waals surface area (Å²) in [6.45, 7) is 3.44. The van der Waals surface area contributed by atoms with Crippen molar-refractivity contribution in [3.8, 4) is 0 Å². The van der Waals surface area contributed by atoms with Crippen LogP contribution in [0, 0.1) is 17.8 Å². The van der Waals surface area contributed by atoms with Crippen molar-refractivity contribution in [2.45, 2.75) is 39.4 Å². The molecule has 222 valence electrons. The first-order valence-corrected chi connectivity index (χ1v) is 15.4. The van der Waals surface area contributed by atoms with Crippen LogP contribution in [0.1, 0.15) is 53.0 Å². The minimum Gasteiger partial charge on any atom is -0.481 e. The van der Waals surface area contributed by atoms with Gasteiger partial charge in [-0.25, -0.2) is 8.42 Å². The fraction of sp³-hybridized carbons (Fsp3) is 0.333. The third-order valence-corrected chi connectivity index (χ3v) is 8.17. The zero-order chi connectivity index (χ0) is 30.8. The molecule has 0 spiro atoms. The number of carboxylic acids is 1. The predicted octanol–water partition coefficient (Wildman–Crippen LogP) is 3.16. The van der Waals surface area contributed by atoms with Gasteiger partial charge >= 0.3 is 5.97 Å². The topological polar surface area (TPSA) is 176 Å². The van der Waals surface area contributed by atoms with E-state index in [0.29, 0.717) is 17.7 Å². The van der Waals surface area contributed by atoms with Crippen LogP contribution in [-0.2, 0) is 26.2 Å². The summed E-state index contributed by atoms with van der Waals surface area (Å²) in [6.07, 6.45) is 0.500. The lowest BCUT2D eigenvalue weighted by atomic mass is 9.77. The van der Waals surface area contributed by atoms with Crippen LogP contribution in [0.15, 0.2) is 60.7 Å². The van der Waals surface area contributed by atoms with Crippen molar-refractivity contribution in [1.82, 2.24) is 10.2 Å². The molecule has 3 aromatic carbocycles. The molecule has 0 bridgehead atoms. The number of carboxylic acid groups (broad SMARTS) is 1. The maximum absolute atomic E-state index is 13.3. The van der Waals surface area contributed by atoms with Gasteiger partial charge in [0.05, 0.1) is 35.4 Å². The number of nitrogens with one attached hydrogen (secondary N) is 2. The monoisotopic (exact) mass is 594 g/mol. The molecular formula is C30H34N4O7S. The van der Waals surface area contributed by atoms with Gasteiger partial charge in [-0.15, -0.1) is 0 Å². The second kappa shape index (κ2) is 12.3. The second-order valence-corrected chi connectivity index (χ2v) is 12.4. The van der Waals surface area contributed by atoms with Crippen molar-refractivity contribution in [3.05, 3.63) is 77.4 Å². The van der Waals surface area contributed by atoms with Gasteiger partial charge in [-0.3, -0.25) is 28.8 Å². The van der Waals surface area contributed by atoms with Crippen molar-refractivity contribution in [1.29, 1.82) is 0 Å². The lowest BCUT2D eigenvalue weighted by molar-refractivity contribution is -0.151. The zero-order valence-corrected chi connectivity index (χ0v) is 24.4. The van der Waals surface area contributed by atoms with Crippen molar-refractivity contribution in [3.63, 3.8) is 0 Å². The Morgan fingerprint density at radius 3 is 2.00 bits per heavy atom. The SMILES string of the molecule is CCC[C@H](C(=O)NCc1ccc(NS(C)(=O)=O)cc1)[C@H](C(=O)O)C(C)C(N)N1C(=O)c2cc3ccccc3cc2C1=O. The predicted molar refractivity (Wildman–Crippen MR) is 158 cm³/mol. The van der Waals surface area contributed by atoms with Gasteiger partial charge in [0.25, 0.3) is 11.8 Å². The molecule has 0 saturated carbocycles. The van der Waals surface area contributed by atoms with Crippen molar-refractivity contribution < 1.29 is 32.7 Å². The number of rotatable bonds is 12. The van der Waals surface area contributed by atoms with Crippen LogP contribution in [0.2, 0.25) is 0 Å². The van der Waals surface area contributed by atoms with Crippen LogP contribution in [-0.4, -0.2) is 54.5 Å². The van der Waals surface area contributed by atoms with Crippen LogP contribution in [0.3, 0.4) is 0 Å². The zero-order valence-electron chi connectivity index (χ0n) is 23.5. The van der Waals surface area contributed by atoms with Gasteiger partial charge in [0, 0.05) is 18.2 Å². The number of nitrogens with two attached hydrogens (primary N) is 1. The highest BCUT2D eigenvalue weighted by atomic mass is 32.2. The number of carbonyl (C=O) groups is 4.